The first-order valence-electron chi connectivity index (χ1n) is 8.73. The van der Waals surface area contributed by atoms with Gasteiger partial charge in [0.2, 0.25) is 5.91 Å². The average Bonchev–Trinajstić information content (AvgIpc) is 3.19. The highest BCUT2D eigenvalue weighted by molar-refractivity contribution is 5.91. The molecule has 0 unspecified atom stereocenters. The highest BCUT2D eigenvalue weighted by Gasteiger charge is 2.40. The van der Waals surface area contributed by atoms with Crippen LogP contribution in [0.25, 0.3) is 11.1 Å². The zero-order valence-corrected chi connectivity index (χ0v) is 13.4. The zero-order chi connectivity index (χ0) is 15.6. The van der Waals surface area contributed by atoms with Crippen LogP contribution in [0.15, 0.2) is 54.6 Å². The predicted molar refractivity (Wildman–Crippen MR) is 94.1 cm³/mol. The molecule has 2 aliphatic rings. The monoisotopic (exact) mass is 305 g/mol. The van der Waals surface area contributed by atoms with Gasteiger partial charge in [0.15, 0.2) is 0 Å². The summed E-state index contributed by atoms with van der Waals surface area (Å²) >= 11 is 0. The van der Waals surface area contributed by atoms with E-state index in [0.29, 0.717) is 12.3 Å². The van der Waals surface area contributed by atoms with Gasteiger partial charge in [-0.15, -0.1) is 0 Å². The minimum atomic E-state index is 0.176. The Morgan fingerprint density at radius 3 is 2.30 bits per heavy atom. The van der Waals surface area contributed by atoms with Crippen LogP contribution in [0.5, 0.6) is 0 Å². The molecule has 0 aliphatic heterocycles. The van der Waals surface area contributed by atoms with Crippen molar-refractivity contribution in [2.24, 2.45) is 17.8 Å². The summed E-state index contributed by atoms with van der Waals surface area (Å²) in [5.41, 5.74) is 3.28. The maximum absolute atomic E-state index is 12.3. The molecular weight excluding hydrogens is 282 g/mol. The van der Waals surface area contributed by atoms with Crippen molar-refractivity contribution in [3.8, 4) is 11.1 Å². The molecule has 23 heavy (non-hydrogen) atoms. The number of hydrogen-bond acceptors (Lipinski definition) is 1. The van der Waals surface area contributed by atoms with Gasteiger partial charge in [0, 0.05) is 12.1 Å². The number of carbonyl (C=O) groups is 1. The van der Waals surface area contributed by atoms with Crippen LogP contribution in [-0.4, -0.2) is 5.91 Å². The molecule has 0 saturated heterocycles. The van der Waals surface area contributed by atoms with Gasteiger partial charge < -0.3 is 5.32 Å². The maximum Gasteiger partial charge on any atom is 0.224 e. The molecule has 118 valence electrons. The zero-order valence-electron chi connectivity index (χ0n) is 13.4. The van der Waals surface area contributed by atoms with Gasteiger partial charge in [-0.25, -0.2) is 0 Å². The number of hydrogen-bond donors (Lipinski definition) is 1. The van der Waals surface area contributed by atoms with Gasteiger partial charge >= 0.3 is 0 Å². The van der Waals surface area contributed by atoms with Crippen LogP contribution < -0.4 is 5.32 Å². The van der Waals surface area contributed by atoms with Crippen LogP contribution in [0.3, 0.4) is 0 Å². The molecule has 0 radical (unpaired) electrons. The Morgan fingerprint density at radius 1 is 0.913 bits per heavy atom. The first kappa shape index (κ1) is 14.5. The van der Waals surface area contributed by atoms with Crippen molar-refractivity contribution in [2.45, 2.75) is 32.1 Å². The lowest BCUT2D eigenvalue weighted by Crippen LogP contribution is -2.20. The SMILES string of the molecule is O=C(C[C@@H]1C[C@@H]2CC[C@@H]1C2)Nc1ccc(-c2ccccc2)cc1. The summed E-state index contributed by atoms with van der Waals surface area (Å²) in [4.78, 5) is 12.3. The van der Waals surface area contributed by atoms with E-state index in [0.717, 1.165) is 17.5 Å². The fourth-order valence-corrected chi connectivity index (χ4v) is 4.45. The second kappa shape index (κ2) is 6.19. The molecule has 4 rings (SSSR count). The largest absolute Gasteiger partial charge is 0.326 e. The molecule has 0 heterocycles. The van der Waals surface area contributed by atoms with E-state index in [1.54, 1.807) is 0 Å². The van der Waals surface area contributed by atoms with Crippen molar-refractivity contribution < 1.29 is 4.79 Å². The highest BCUT2D eigenvalue weighted by Crippen LogP contribution is 2.49. The summed E-state index contributed by atoms with van der Waals surface area (Å²) in [6.07, 6.45) is 6.06. The second-order valence-electron chi connectivity index (χ2n) is 7.13. The van der Waals surface area contributed by atoms with Crippen molar-refractivity contribution in [3.05, 3.63) is 54.6 Å². The molecule has 0 aromatic heterocycles. The Hall–Kier alpha value is -2.09. The number of rotatable bonds is 4. The van der Waals surface area contributed by atoms with E-state index in [4.69, 9.17) is 0 Å². The fourth-order valence-electron chi connectivity index (χ4n) is 4.45. The summed E-state index contributed by atoms with van der Waals surface area (Å²) in [6.45, 7) is 0. The smallest absolute Gasteiger partial charge is 0.224 e. The molecule has 2 saturated carbocycles. The highest BCUT2D eigenvalue weighted by atomic mass is 16.1. The Bertz CT molecular complexity index is 677. The van der Waals surface area contributed by atoms with Gasteiger partial charge in [-0.05, 0) is 60.3 Å². The van der Waals surface area contributed by atoms with Crippen LogP contribution in [0.1, 0.15) is 32.1 Å². The molecule has 2 fully saturated rings. The quantitative estimate of drug-likeness (QED) is 0.834. The molecule has 2 nitrogen and oxygen atoms in total. The van der Waals surface area contributed by atoms with E-state index in [-0.39, 0.29) is 5.91 Å². The van der Waals surface area contributed by atoms with E-state index in [1.165, 1.54) is 36.8 Å². The number of amides is 1. The first-order chi connectivity index (χ1) is 11.3. The Morgan fingerprint density at radius 2 is 1.65 bits per heavy atom. The van der Waals surface area contributed by atoms with E-state index in [2.05, 4.69) is 29.6 Å². The first-order valence-corrected chi connectivity index (χ1v) is 8.73. The summed E-state index contributed by atoms with van der Waals surface area (Å²) in [5, 5.41) is 3.07. The van der Waals surface area contributed by atoms with Crippen molar-refractivity contribution in [3.63, 3.8) is 0 Å². The van der Waals surface area contributed by atoms with Crippen LogP contribution in [0, 0.1) is 17.8 Å². The number of benzene rings is 2. The fraction of sp³-hybridized carbons (Fsp3) is 0.381. The number of anilines is 1. The van der Waals surface area contributed by atoms with Crippen LogP contribution in [0.2, 0.25) is 0 Å². The molecule has 0 spiro atoms. The molecule has 3 atom stereocenters. The summed E-state index contributed by atoms with van der Waals surface area (Å²) in [5.74, 6) is 2.52. The lowest BCUT2D eigenvalue weighted by molar-refractivity contribution is -0.117. The normalized spacial score (nSPS) is 25.5. The molecule has 2 aliphatic carbocycles. The maximum atomic E-state index is 12.3. The second-order valence-corrected chi connectivity index (χ2v) is 7.13. The van der Waals surface area contributed by atoms with Gasteiger partial charge in [0.1, 0.15) is 0 Å². The van der Waals surface area contributed by atoms with Crippen molar-refractivity contribution >= 4 is 11.6 Å². The molecule has 2 bridgehead atoms. The molecular formula is C21H23NO. The summed E-state index contributed by atoms with van der Waals surface area (Å²) < 4.78 is 0. The molecule has 2 aromatic carbocycles. The van der Waals surface area contributed by atoms with Gasteiger partial charge in [-0.1, -0.05) is 48.9 Å². The lowest BCUT2D eigenvalue weighted by atomic mass is 9.86. The molecule has 2 heteroatoms. The van der Waals surface area contributed by atoms with Gasteiger partial charge in [0.05, 0.1) is 0 Å². The van der Waals surface area contributed by atoms with E-state index >= 15 is 0 Å². The van der Waals surface area contributed by atoms with E-state index in [9.17, 15) is 4.79 Å². The third-order valence-corrected chi connectivity index (χ3v) is 5.61. The van der Waals surface area contributed by atoms with Gasteiger partial charge in [-0.3, -0.25) is 4.79 Å². The van der Waals surface area contributed by atoms with Crippen LogP contribution >= 0.6 is 0 Å². The minimum Gasteiger partial charge on any atom is -0.326 e. The minimum absolute atomic E-state index is 0.176. The van der Waals surface area contributed by atoms with Crippen molar-refractivity contribution in [1.29, 1.82) is 0 Å². The molecule has 1 amide bonds. The van der Waals surface area contributed by atoms with E-state index < -0.39 is 0 Å². The van der Waals surface area contributed by atoms with Gasteiger partial charge in [0.25, 0.3) is 0 Å². The Kier molecular flexibility index (Phi) is 3.90. The average molecular weight is 305 g/mol. The number of nitrogens with one attached hydrogen (secondary N) is 1. The van der Waals surface area contributed by atoms with Gasteiger partial charge in [-0.2, -0.15) is 0 Å². The van der Waals surface area contributed by atoms with E-state index in [1.807, 2.05) is 30.3 Å². The number of carbonyl (C=O) groups excluding carboxylic acids is 1. The standard InChI is InChI=1S/C21H23NO/c23-21(14-19-13-15-6-7-18(19)12-15)22-20-10-8-17(9-11-20)16-4-2-1-3-5-16/h1-5,8-11,15,18-19H,6-7,12-14H2,(H,22,23)/t15-,18-,19+/m1/s1. The predicted octanol–water partition coefficient (Wildman–Crippen LogP) is 5.12. The molecule has 1 N–H and O–H groups in total. The third kappa shape index (κ3) is 3.17. The summed E-state index contributed by atoms with van der Waals surface area (Å²) in [6, 6.07) is 18.5. The topological polar surface area (TPSA) is 29.1 Å². The summed E-state index contributed by atoms with van der Waals surface area (Å²) in [7, 11) is 0. The van der Waals surface area contributed by atoms with Crippen LogP contribution in [0.4, 0.5) is 5.69 Å². The van der Waals surface area contributed by atoms with Crippen molar-refractivity contribution in [1.82, 2.24) is 0 Å². The van der Waals surface area contributed by atoms with Crippen LogP contribution in [-0.2, 0) is 4.79 Å². The number of fused-ring (bicyclic) bond motifs is 2. The third-order valence-electron chi connectivity index (χ3n) is 5.61. The Balaban J connectivity index is 1.36. The van der Waals surface area contributed by atoms with Crippen molar-refractivity contribution in [2.75, 3.05) is 5.32 Å². The Labute approximate surface area is 137 Å². The lowest BCUT2D eigenvalue weighted by Gasteiger charge is -2.20. The molecule has 2 aromatic rings.